The largest absolute Gasteiger partial charge is 0.311 e. The molecule has 84 valence electrons. The molecule has 0 atom stereocenters. The summed E-state index contributed by atoms with van der Waals surface area (Å²) in [5, 5.41) is 3.26. The van der Waals surface area contributed by atoms with Crippen LogP contribution in [-0.2, 0) is 6.54 Å². The zero-order valence-electron chi connectivity index (χ0n) is 9.64. The summed E-state index contributed by atoms with van der Waals surface area (Å²) < 4.78 is 2.05. The van der Waals surface area contributed by atoms with Crippen molar-refractivity contribution in [3.63, 3.8) is 0 Å². The number of hydrogen-bond donors (Lipinski definition) is 1. The van der Waals surface area contributed by atoms with Crippen LogP contribution in [0.1, 0.15) is 18.4 Å². The van der Waals surface area contributed by atoms with Crippen LogP contribution in [0, 0.1) is 6.92 Å². The topological polar surface area (TPSA) is 42.7 Å². The Morgan fingerprint density at radius 3 is 2.88 bits per heavy atom. The fraction of sp³-hybridized carbons (Fsp3) is 0.333. The maximum Gasteiger partial charge on any atom is 0.110 e. The Kier molecular flexibility index (Phi) is 3.31. The molecule has 0 aromatic carbocycles. The number of rotatable bonds is 4. The predicted molar refractivity (Wildman–Crippen MR) is 63.5 cm³/mol. The molecule has 0 aliphatic rings. The maximum absolute atomic E-state index is 4.32. The Balaban J connectivity index is 2.26. The third-order valence-electron chi connectivity index (χ3n) is 2.46. The van der Waals surface area contributed by atoms with E-state index in [9.17, 15) is 0 Å². The van der Waals surface area contributed by atoms with Gasteiger partial charge >= 0.3 is 0 Å². The van der Waals surface area contributed by atoms with Crippen molar-refractivity contribution < 1.29 is 0 Å². The summed E-state index contributed by atoms with van der Waals surface area (Å²) in [5.74, 6) is 0.987. The maximum atomic E-state index is 4.32. The second-order valence-corrected chi connectivity index (χ2v) is 3.63. The minimum atomic E-state index is 0.804. The van der Waals surface area contributed by atoms with E-state index < -0.39 is 0 Å². The Hall–Kier alpha value is -1.68. The van der Waals surface area contributed by atoms with Crippen molar-refractivity contribution >= 4 is 0 Å². The Bertz CT molecular complexity index is 462. The van der Waals surface area contributed by atoms with Crippen molar-refractivity contribution in [2.45, 2.75) is 20.4 Å². The third-order valence-corrected chi connectivity index (χ3v) is 2.46. The Morgan fingerprint density at radius 1 is 1.31 bits per heavy atom. The van der Waals surface area contributed by atoms with E-state index in [2.05, 4.69) is 32.8 Å². The first-order valence-electron chi connectivity index (χ1n) is 5.47. The van der Waals surface area contributed by atoms with Gasteiger partial charge in [0.1, 0.15) is 5.82 Å². The number of pyridine rings is 1. The molecule has 0 unspecified atom stereocenters. The molecule has 1 N–H and O–H groups in total. The van der Waals surface area contributed by atoms with Gasteiger partial charge in [-0.25, -0.2) is 4.98 Å². The van der Waals surface area contributed by atoms with Gasteiger partial charge in [0.2, 0.25) is 0 Å². The number of nitrogens with one attached hydrogen (secondary N) is 1. The van der Waals surface area contributed by atoms with E-state index >= 15 is 0 Å². The summed E-state index contributed by atoms with van der Waals surface area (Å²) in [7, 11) is 0. The number of aromatic nitrogens is 3. The minimum absolute atomic E-state index is 0.804. The standard InChI is InChI=1S/C12H16N4/c1-3-13-9-11-8-12(4-5-15-11)16-7-6-14-10(16)2/h4-8,13H,3,9H2,1-2H3. The molecule has 2 rings (SSSR count). The van der Waals surface area contributed by atoms with Crippen molar-refractivity contribution in [1.82, 2.24) is 19.9 Å². The Labute approximate surface area is 95.4 Å². The van der Waals surface area contributed by atoms with Gasteiger partial charge in [0.15, 0.2) is 0 Å². The van der Waals surface area contributed by atoms with Crippen molar-refractivity contribution in [2.24, 2.45) is 0 Å². The molecular formula is C12H16N4. The zero-order valence-corrected chi connectivity index (χ0v) is 9.64. The molecule has 0 amide bonds. The fourth-order valence-electron chi connectivity index (χ4n) is 1.62. The van der Waals surface area contributed by atoms with E-state index in [-0.39, 0.29) is 0 Å². The van der Waals surface area contributed by atoms with Gasteiger partial charge < -0.3 is 9.88 Å². The molecule has 2 heterocycles. The monoisotopic (exact) mass is 216 g/mol. The molecular weight excluding hydrogens is 200 g/mol. The highest BCUT2D eigenvalue weighted by Crippen LogP contribution is 2.10. The van der Waals surface area contributed by atoms with Gasteiger partial charge in [0, 0.05) is 25.1 Å². The minimum Gasteiger partial charge on any atom is -0.311 e. The molecule has 0 bridgehead atoms. The second kappa shape index (κ2) is 4.90. The lowest BCUT2D eigenvalue weighted by Crippen LogP contribution is -2.13. The van der Waals surface area contributed by atoms with Gasteiger partial charge in [-0.2, -0.15) is 0 Å². The van der Waals surface area contributed by atoms with Crippen LogP contribution in [0.15, 0.2) is 30.7 Å². The van der Waals surface area contributed by atoms with Crippen LogP contribution in [-0.4, -0.2) is 21.1 Å². The van der Waals surface area contributed by atoms with Crippen LogP contribution in [0.4, 0.5) is 0 Å². The number of nitrogens with zero attached hydrogens (tertiary/aromatic N) is 3. The molecule has 0 spiro atoms. The SMILES string of the molecule is CCNCc1cc(-n2ccnc2C)ccn1. The van der Waals surface area contributed by atoms with Gasteiger partial charge in [0.25, 0.3) is 0 Å². The van der Waals surface area contributed by atoms with Gasteiger partial charge in [-0.1, -0.05) is 6.92 Å². The highest BCUT2D eigenvalue weighted by molar-refractivity contribution is 5.33. The van der Waals surface area contributed by atoms with Crippen molar-refractivity contribution in [3.05, 3.63) is 42.2 Å². The molecule has 0 aliphatic carbocycles. The lowest BCUT2D eigenvalue weighted by molar-refractivity contribution is 0.709. The lowest BCUT2D eigenvalue weighted by Gasteiger charge is -2.07. The number of imidazole rings is 1. The number of aryl methyl sites for hydroxylation is 1. The van der Waals surface area contributed by atoms with E-state index in [1.807, 2.05) is 25.4 Å². The quantitative estimate of drug-likeness (QED) is 0.845. The molecule has 0 saturated heterocycles. The summed E-state index contributed by atoms with van der Waals surface area (Å²) in [6, 6.07) is 4.07. The van der Waals surface area contributed by atoms with E-state index in [4.69, 9.17) is 0 Å². The van der Waals surface area contributed by atoms with E-state index in [0.717, 1.165) is 30.3 Å². The average molecular weight is 216 g/mol. The van der Waals surface area contributed by atoms with Crippen LogP contribution < -0.4 is 5.32 Å². The molecule has 0 radical (unpaired) electrons. The molecule has 4 heteroatoms. The molecule has 16 heavy (non-hydrogen) atoms. The van der Waals surface area contributed by atoms with Gasteiger partial charge in [0.05, 0.1) is 11.4 Å². The predicted octanol–water partition coefficient (Wildman–Crippen LogP) is 1.69. The smallest absolute Gasteiger partial charge is 0.110 e. The highest BCUT2D eigenvalue weighted by Gasteiger charge is 2.01. The lowest BCUT2D eigenvalue weighted by atomic mass is 10.3. The molecule has 2 aromatic heterocycles. The summed E-state index contributed by atoms with van der Waals surface area (Å²) in [6.07, 6.45) is 5.60. The van der Waals surface area contributed by atoms with Gasteiger partial charge in [-0.3, -0.25) is 4.98 Å². The summed E-state index contributed by atoms with van der Waals surface area (Å²) in [6.45, 7) is 5.84. The van der Waals surface area contributed by atoms with Crippen LogP contribution in [0.3, 0.4) is 0 Å². The van der Waals surface area contributed by atoms with Gasteiger partial charge in [-0.15, -0.1) is 0 Å². The van der Waals surface area contributed by atoms with E-state index in [1.54, 1.807) is 6.20 Å². The first-order chi connectivity index (χ1) is 7.81. The van der Waals surface area contributed by atoms with Crippen LogP contribution >= 0.6 is 0 Å². The summed E-state index contributed by atoms with van der Waals surface area (Å²) in [5.41, 5.74) is 2.16. The van der Waals surface area contributed by atoms with E-state index in [1.165, 1.54) is 0 Å². The van der Waals surface area contributed by atoms with Crippen LogP contribution in [0.2, 0.25) is 0 Å². The van der Waals surface area contributed by atoms with Crippen molar-refractivity contribution in [1.29, 1.82) is 0 Å². The van der Waals surface area contributed by atoms with Crippen LogP contribution in [0.5, 0.6) is 0 Å². The zero-order chi connectivity index (χ0) is 11.4. The molecule has 0 fully saturated rings. The molecule has 2 aromatic rings. The first-order valence-corrected chi connectivity index (χ1v) is 5.47. The molecule has 0 saturated carbocycles. The average Bonchev–Trinajstić information content (AvgIpc) is 2.73. The summed E-state index contributed by atoms with van der Waals surface area (Å²) in [4.78, 5) is 8.53. The van der Waals surface area contributed by atoms with Crippen molar-refractivity contribution in [3.8, 4) is 5.69 Å². The molecule has 0 aliphatic heterocycles. The molecule has 4 nitrogen and oxygen atoms in total. The van der Waals surface area contributed by atoms with Gasteiger partial charge in [-0.05, 0) is 25.6 Å². The first kappa shape index (κ1) is 10.8. The Morgan fingerprint density at radius 2 is 2.19 bits per heavy atom. The highest BCUT2D eigenvalue weighted by atomic mass is 15.1. The summed E-state index contributed by atoms with van der Waals surface area (Å²) >= 11 is 0. The second-order valence-electron chi connectivity index (χ2n) is 3.63. The fourth-order valence-corrected chi connectivity index (χ4v) is 1.62. The third kappa shape index (κ3) is 2.28. The van der Waals surface area contributed by atoms with Crippen LogP contribution in [0.25, 0.3) is 5.69 Å². The van der Waals surface area contributed by atoms with E-state index in [0.29, 0.717) is 0 Å². The normalized spacial score (nSPS) is 10.6. The number of hydrogen-bond acceptors (Lipinski definition) is 3. The van der Waals surface area contributed by atoms with Crippen molar-refractivity contribution in [2.75, 3.05) is 6.54 Å².